The van der Waals surface area contributed by atoms with E-state index in [1.165, 1.54) is 5.69 Å². The lowest BCUT2D eigenvalue weighted by molar-refractivity contribution is 0.633. The Labute approximate surface area is 151 Å². The van der Waals surface area contributed by atoms with Gasteiger partial charge in [-0.3, -0.25) is 14.0 Å². The third kappa shape index (κ3) is 4.05. The van der Waals surface area contributed by atoms with E-state index in [1.54, 1.807) is 12.4 Å². The van der Waals surface area contributed by atoms with Gasteiger partial charge >= 0.3 is 0 Å². The van der Waals surface area contributed by atoms with Crippen LogP contribution in [0.25, 0.3) is 0 Å². The molecule has 132 valence electrons. The fourth-order valence-corrected chi connectivity index (χ4v) is 2.76. The smallest absolute Gasteiger partial charge is 0.171 e. The van der Waals surface area contributed by atoms with Gasteiger partial charge in [-0.1, -0.05) is 0 Å². The molecule has 3 rings (SSSR count). The van der Waals surface area contributed by atoms with E-state index in [0.717, 1.165) is 23.5 Å². The largest absolute Gasteiger partial charge is 0.357 e. The van der Waals surface area contributed by atoms with Crippen molar-refractivity contribution < 1.29 is 0 Å². The Hall–Kier alpha value is -2.68. The second-order valence-electron chi connectivity index (χ2n) is 5.75. The average molecular weight is 358 g/mol. The normalized spacial score (nSPS) is 10.8. The number of aromatic nitrogens is 6. The molecule has 25 heavy (non-hydrogen) atoms. The number of anilines is 1. The standard InChI is InChI=1S/C16H22N8S/c1-4-24-12(2)13(7-20-24)10-23-11-14(8-19-23)21-16(25)17-9-15-5-6-18-22(15)3/h5-8,11H,4,9-10H2,1-3H3,(H2,17,21,25). The van der Waals surface area contributed by atoms with Crippen molar-refractivity contribution in [1.82, 2.24) is 34.7 Å². The lowest BCUT2D eigenvalue weighted by atomic mass is 10.2. The molecule has 0 amide bonds. The summed E-state index contributed by atoms with van der Waals surface area (Å²) in [6.45, 7) is 6.33. The molecular formula is C16H22N8S. The SMILES string of the molecule is CCn1ncc(Cn2cc(NC(=S)NCc3ccnn3C)cn2)c1C. The summed E-state index contributed by atoms with van der Waals surface area (Å²) in [7, 11) is 1.90. The monoisotopic (exact) mass is 358 g/mol. The molecule has 0 saturated heterocycles. The third-order valence-electron chi connectivity index (χ3n) is 4.08. The molecule has 0 spiro atoms. The highest BCUT2D eigenvalue weighted by molar-refractivity contribution is 7.80. The van der Waals surface area contributed by atoms with Crippen LogP contribution in [0.2, 0.25) is 0 Å². The van der Waals surface area contributed by atoms with Crippen LogP contribution in [-0.2, 0) is 26.7 Å². The van der Waals surface area contributed by atoms with Gasteiger partial charge in [-0.05, 0) is 32.1 Å². The van der Waals surface area contributed by atoms with Crippen LogP contribution in [0, 0.1) is 6.92 Å². The van der Waals surface area contributed by atoms with Gasteiger partial charge in [-0.25, -0.2) is 0 Å². The molecule has 0 atom stereocenters. The minimum atomic E-state index is 0.552. The summed E-state index contributed by atoms with van der Waals surface area (Å²) < 4.78 is 5.66. The van der Waals surface area contributed by atoms with Crippen LogP contribution in [0.4, 0.5) is 5.69 Å². The number of nitrogens with zero attached hydrogens (tertiary/aromatic N) is 6. The van der Waals surface area contributed by atoms with E-state index < -0.39 is 0 Å². The van der Waals surface area contributed by atoms with Crippen LogP contribution in [0.5, 0.6) is 0 Å². The molecule has 3 heterocycles. The Kier molecular flexibility index (Phi) is 5.13. The molecule has 3 aromatic rings. The van der Waals surface area contributed by atoms with Crippen LogP contribution in [0.1, 0.15) is 23.9 Å². The summed E-state index contributed by atoms with van der Waals surface area (Å²) in [6.07, 6.45) is 7.35. The Morgan fingerprint density at radius 2 is 2.08 bits per heavy atom. The number of hydrogen-bond acceptors (Lipinski definition) is 4. The maximum atomic E-state index is 5.33. The van der Waals surface area contributed by atoms with Crippen molar-refractivity contribution >= 4 is 23.0 Å². The number of hydrogen-bond donors (Lipinski definition) is 2. The average Bonchev–Trinajstić information content (AvgIpc) is 3.29. The summed E-state index contributed by atoms with van der Waals surface area (Å²) in [5.41, 5.74) is 4.24. The Balaban J connectivity index is 1.55. The van der Waals surface area contributed by atoms with E-state index in [9.17, 15) is 0 Å². The fourth-order valence-electron chi connectivity index (χ4n) is 2.57. The quantitative estimate of drug-likeness (QED) is 0.653. The molecule has 9 heteroatoms. The van der Waals surface area contributed by atoms with Crippen LogP contribution in [0.15, 0.2) is 30.9 Å². The summed E-state index contributed by atoms with van der Waals surface area (Å²) >= 11 is 5.33. The molecule has 8 nitrogen and oxygen atoms in total. The van der Waals surface area contributed by atoms with Gasteiger partial charge in [0, 0.05) is 37.2 Å². The van der Waals surface area contributed by atoms with Gasteiger partial charge in [0.05, 0.1) is 36.9 Å². The molecule has 3 aromatic heterocycles. The molecule has 0 bridgehead atoms. The van der Waals surface area contributed by atoms with Crippen molar-refractivity contribution in [1.29, 1.82) is 0 Å². The minimum Gasteiger partial charge on any atom is -0.357 e. The van der Waals surface area contributed by atoms with Gasteiger partial charge < -0.3 is 10.6 Å². The lowest BCUT2D eigenvalue weighted by Crippen LogP contribution is -2.28. The Bertz CT molecular complexity index is 859. The first kappa shape index (κ1) is 17.2. The molecular weight excluding hydrogens is 336 g/mol. The van der Waals surface area contributed by atoms with Crippen LogP contribution < -0.4 is 10.6 Å². The van der Waals surface area contributed by atoms with Gasteiger partial charge in [0.25, 0.3) is 0 Å². The predicted molar refractivity (Wildman–Crippen MR) is 100 cm³/mol. The van der Waals surface area contributed by atoms with Gasteiger partial charge in [0.1, 0.15) is 0 Å². The van der Waals surface area contributed by atoms with Crippen LogP contribution in [0.3, 0.4) is 0 Å². The maximum absolute atomic E-state index is 5.33. The third-order valence-corrected chi connectivity index (χ3v) is 4.33. The Morgan fingerprint density at radius 1 is 1.24 bits per heavy atom. The van der Waals surface area contributed by atoms with Crippen molar-refractivity contribution in [3.63, 3.8) is 0 Å². The van der Waals surface area contributed by atoms with Crippen LogP contribution in [-0.4, -0.2) is 34.5 Å². The molecule has 0 saturated carbocycles. The van der Waals surface area contributed by atoms with E-state index >= 15 is 0 Å². The first-order chi connectivity index (χ1) is 12.1. The van der Waals surface area contributed by atoms with Crippen LogP contribution >= 0.6 is 12.2 Å². The fraction of sp³-hybridized carbons (Fsp3) is 0.375. The first-order valence-electron chi connectivity index (χ1n) is 8.12. The van der Waals surface area contributed by atoms with E-state index in [-0.39, 0.29) is 0 Å². The second-order valence-corrected chi connectivity index (χ2v) is 6.16. The Morgan fingerprint density at radius 3 is 2.76 bits per heavy atom. The van der Waals surface area contributed by atoms with Crippen molar-refractivity contribution in [3.05, 3.63) is 47.8 Å². The van der Waals surface area contributed by atoms with Gasteiger partial charge in [0.15, 0.2) is 5.11 Å². The summed E-state index contributed by atoms with van der Waals surface area (Å²) in [4.78, 5) is 0. The molecule has 0 fully saturated rings. The van der Waals surface area contributed by atoms with E-state index in [0.29, 0.717) is 18.2 Å². The molecule has 0 radical (unpaired) electrons. The minimum absolute atomic E-state index is 0.552. The summed E-state index contributed by atoms with van der Waals surface area (Å²) in [5, 5.41) is 19.7. The summed E-state index contributed by atoms with van der Waals surface area (Å²) in [5.74, 6) is 0. The number of thiocarbonyl (C=S) groups is 1. The van der Waals surface area contributed by atoms with Crippen molar-refractivity contribution in [2.45, 2.75) is 33.5 Å². The lowest BCUT2D eigenvalue weighted by Gasteiger charge is -2.09. The molecule has 0 aliphatic rings. The van der Waals surface area contributed by atoms with E-state index in [1.807, 2.05) is 39.6 Å². The highest BCUT2D eigenvalue weighted by atomic mass is 32.1. The highest BCUT2D eigenvalue weighted by Crippen LogP contribution is 2.11. The van der Waals surface area contributed by atoms with Gasteiger partial charge in [-0.2, -0.15) is 15.3 Å². The molecule has 0 unspecified atom stereocenters. The summed E-state index contributed by atoms with van der Waals surface area (Å²) in [6, 6.07) is 1.95. The van der Waals surface area contributed by atoms with E-state index in [2.05, 4.69) is 39.8 Å². The molecule has 2 N–H and O–H groups in total. The van der Waals surface area contributed by atoms with Crippen molar-refractivity contribution in [2.24, 2.45) is 7.05 Å². The zero-order chi connectivity index (χ0) is 17.8. The zero-order valence-electron chi connectivity index (χ0n) is 14.6. The van der Waals surface area contributed by atoms with Gasteiger partial charge in [0.2, 0.25) is 0 Å². The molecule has 0 aromatic carbocycles. The van der Waals surface area contributed by atoms with Crippen molar-refractivity contribution in [2.75, 3.05) is 5.32 Å². The van der Waals surface area contributed by atoms with E-state index in [4.69, 9.17) is 12.2 Å². The topological polar surface area (TPSA) is 77.5 Å². The maximum Gasteiger partial charge on any atom is 0.171 e. The number of nitrogens with one attached hydrogen (secondary N) is 2. The van der Waals surface area contributed by atoms with Crippen molar-refractivity contribution in [3.8, 4) is 0 Å². The highest BCUT2D eigenvalue weighted by Gasteiger charge is 2.08. The first-order valence-corrected chi connectivity index (χ1v) is 8.53. The number of aryl methyl sites for hydroxylation is 2. The molecule has 0 aliphatic heterocycles. The van der Waals surface area contributed by atoms with Gasteiger partial charge in [-0.15, -0.1) is 0 Å². The predicted octanol–water partition coefficient (Wildman–Crippen LogP) is 1.68. The number of rotatable bonds is 6. The zero-order valence-corrected chi connectivity index (χ0v) is 15.4. The second kappa shape index (κ2) is 7.47. The molecule has 0 aliphatic carbocycles.